The van der Waals surface area contributed by atoms with E-state index in [2.05, 4.69) is 18.2 Å². The van der Waals surface area contributed by atoms with Crippen molar-refractivity contribution in [2.24, 2.45) is 0 Å². The van der Waals surface area contributed by atoms with Crippen LogP contribution in [0.5, 0.6) is 11.5 Å². The van der Waals surface area contributed by atoms with Gasteiger partial charge in [-0.05, 0) is 57.8 Å². The monoisotopic (exact) mass is 425 g/mol. The summed E-state index contributed by atoms with van der Waals surface area (Å²) in [7, 11) is 0. The van der Waals surface area contributed by atoms with Crippen LogP contribution in [-0.4, -0.2) is 12.7 Å². The quantitative estimate of drug-likeness (QED) is 0.418. The number of hydrogen-bond donors (Lipinski definition) is 0. The molecule has 1 unspecified atom stereocenters. The average molecular weight is 425 g/mol. The van der Waals surface area contributed by atoms with E-state index in [0.29, 0.717) is 18.7 Å². The number of halogens is 1. The smallest absolute Gasteiger partial charge is 0.231 e. The number of amides is 1. The zero-order chi connectivity index (χ0) is 21.7. The molecule has 4 nitrogen and oxygen atoms in total. The van der Waals surface area contributed by atoms with Crippen molar-refractivity contribution in [2.75, 3.05) is 11.7 Å². The lowest BCUT2D eigenvalue weighted by Crippen LogP contribution is -2.36. The van der Waals surface area contributed by atoms with Crippen molar-refractivity contribution in [3.63, 3.8) is 0 Å². The van der Waals surface area contributed by atoms with Crippen molar-refractivity contribution in [3.8, 4) is 11.5 Å². The largest absolute Gasteiger partial charge is 0.454 e. The first-order chi connectivity index (χ1) is 15.7. The van der Waals surface area contributed by atoms with E-state index >= 15 is 0 Å². The van der Waals surface area contributed by atoms with Crippen molar-refractivity contribution in [3.05, 3.63) is 101 Å². The van der Waals surface area contributed by atoms with Gasteiger partial charge in [-0.25, -0.2) is 4.39 Å². The molecule has 32 heavy (non-hydrogen) atoms. The molecule has 4 aromatic rings. The van der Waals surface area contributed by atoms with Crippen LogP contribution in [0.3, 0.4) is 0 Å². The van der Waals surface area contributed by atoms with Crippen LogP contribution >= 0.6 is 0 Å². The van der Waals surface area contributed by atoms with Gasteiger partial charge in [0, 0.05) is 18.0 Å². The van der Waals surface area contributed by atoms with Crippen molar-refractivity contribution in [1.82, 2.24) is 0 Å². The summed E-state index contributed by atoms with van der Waals surface area (Å²) in [6, 6.07) is 24.6. The number of benzene rings is 4. The Balaban J connectivity index is 1.50. The summed E-state index contributed by atoms with van der Waals surface area (Å²) >= 11 is 0. The molecular weight excluding hydrogens is 405 g/mol. The zero-order valence-electron chi connectivity index (χ0n) is 17.3. The fourth-order valence-corrected chi connectivity index (χ4v) is 4.77. The van der Waals surface area contributed by atoms with Crippen LogP contribution in [0, 0.1) is 5.82 Å². The lowest BCUT2D eigenvalue weighted by Gasteiger charge is -2.35. The minimum Gasteiger partial charge on any atom is -0.454 e. The van der Waals surface area contributed by atoms with Gasteiger partial charge in [0.25, 0.3) is 0 Å². The molecule has 0 radical (unpaired) electrons. The molecule has 1 atom stereocenters. The predicted octanol–water partition coefficient (Wildman–Crippen LogP) is 5.78. The zero-order valence-corrected chi connectivity index (χ0v) is 17.3. The summed E-state index contributed by atoms with van der Waals surface area (Å²) in [4.78, 5) is 15.2. The molecule has 0 N–H and O–H groups in total. The number of rotatable bonds is 3. The van der Waals surface area contributed by atoms with Crippen molar-refractivity contribution in [2.45, 2.75) is 18.9 Å². The fourth-order valence-electron chi connectivity index (χ4n) is 4.77. The Hall–Kier alpha value is -3.86. The van der Waals surface area contributed by atoms with Crippen LogP contribution in [0.4, 0.5) is 10.1 Å². The van der Waals surface area contributed by atoms with E-state index in [-0.39, 0.29) is 24.4 Å². The van der Waals surface area contributed by atoms with Gasteiger partial charge in [0.1, 0.15) is 5.82 Å². The molecule has 0 bridgehead atoms. The Morgan fingerprint density at radius 3 is 2.59 bits per heavy atom. The van der Waals surface area contributed by atoms with Crippen molar-refractivity contribution >= 4 is 22.4 Å². The molecule has 158 valence electrons. The van der Waals surface area contributed by atoms with Crippen molar-refractivity contribution < 1.29 is 18.7 Å². The number of ether oxygens (including phenoxy) is 2. The first-order valence-corrected chi connectivity index (χ1v) is 10.6. The predicted molar refractivity (Wildman–Crippen MR) is 121 cm³/mol. The van der Waals surface area contributed by atoms with E-state index in [1.807, 2.05) is 41.3 Å². The Morgan fingerprint density at radius 1 is 0.906 bits per heavy atom. The van der Waals surface area contributed by atoms with Crippen LogP contribution in [0.25, 0.3) is 10.8 Å². The minimum atomic E-state index is -0.284. The van der Waals surface area contributed by atoms with Gasteiger partial charge in [-0.15, -0.1) is 0 Å². The molecular formula is C27H20FNO3. The molecule has 0 aromatic heterocycles. The second kappa shape index (κ2) is 7.38. The lowest BCUT2D eigenvalue weighted by molar-refractivity contribution is -0.119. The number of hydrogen-bond acceptors (Lipinski definition) is 3. The normalized spacial score (nSPS) is 17.0. The Kier molecular flexibility index (Phi) is 4.35. The molecule has 0 saturated heterocycles. The summed E-state index contributed by atoms with van der Waals surface area (Å²) < 4.78 is 24.5. The molecule has 0 fully saturated rings. The van der Waals surface area contributed by atoms with Crippen LogP contribution in [-0.2, 0) is 11.3 Å². The number of fused-ring (bicyclic) bond motifs is 4. The topological polar surface area (TPSA) is 38.8 Å². The second-order valence-electron chi connectivity index (χ2n) is 8.20. The summed E-state index contributed by atoms with van der Waals surface area (Å²) in [5.74, 6) is 1.10. The summed E-state index contributed by atoms with van der Waals surface area (Å²) in [5, 5.41) is 2.26. The first-order valence-electron chi connectivity index (χ1n) is 10.6. The number of carbonyl (C=O) groups excluding carboxylic acids is 1. The van der Waals surface area contributed by atoms with E-state index in [1.54, 1.807) is 12.1 Å². The maximum Gasteiger partial charge on any atom is 0.231 e. The molecule has 0 saturated carbocycles. The third-order valence-electron chi connectivity index (χ3n) is 6.32. The Bertz CT molecular complexity index is 1350. The van der Waals surface area contributed by atoms with Crippen LogP contribution in [0.15, 0.2) is 78.9 Å². The van der Waals surface area contributed by atoms with Gasteiger partial charge < -0.3 is 14.4 Å². The fraction of sp³-hybridized carbons (Fsp3) is 0.148. The summed E-state index contributed by atoms with van der Waals surface area (Å²) in [6.45, 7) is 0.617. The number of carbonyl (C=O) groups is 1. The van der Waals surface area contributed by atoms with Crippen LogP contribution in [0.1, 0.15) is 29.0 Å². The summed E-state index contributed by atoms with van der Waals surface area (Å²) in [5.41, 5.74) is 3.94. The summed E-state index contributed by atoms with van der Waals surface area (Å²) in [6.07, 6.45) is 0.349. The standard InChI is InChI=1S/C27H20FNO3/c28-20-9-5-17(6-10-20)15-29-23-11-7-18-3-1-2-4-21(18)27(23)22(14-26(29)30)19-8-12-24-25(13-19)32-16-31-24/h1-13,22H,14-16H2. The highest BCUT2D eigenvalue weighted by atomic mass is 19.1. The van der Waals surface area contributed by atoms with Crippen LogP contribution < -0.4 is 14.4 Å². The highest BCUT2D eigenvalue weighted by Gasteiger charge is 2.34. The van der Waals surface area contributed by atoms with E-state index in [4.69, 9.17) is 9.47 Å². The highest BCUT2D eigenvalue weighted by molar-refractivity contribution is 6.03. The molecule has 2 aliphatic rings. The van der Waals surface area contributed by atoms with E-state index in [0.717, 1.165) is 38.9 Å². The van der Waals surface area contributed by atoms with Gasteiger partial charge in [-0.2, -0.15) is 0 Å². The van der Waals surface area contributed by atoms with Crippen molar-refractivity contribution in [1.29, 1.82) is 0 Å². The molecule has 5 heteroatoms. The second-order valence-corrected chi connectivity index (χ2v) is 8.20. The number of nitrogens with zero attached hydrogens (tertiary/aromatic N) is 1. The molecule has 6 rings (SSSR count). The molecule has 0 aliphatic carbocycles. The molecule has 4 aromatic carbocycles. The highest BCUT2D eigenvalue weighted by Crippen LogP contribution is 2.46. The van der Waals surface area contributed by atoms with Gasteiger partial charge in [0.15, 0.2) is 11.5 Å². The van der Waals surface area contributed by atoms with Gasteiger partial charge >= 0.3 is 0 Å². The average Bonchev–Trinajstić information content (AvgIpc) is 3.29. The third kappa shape index (κ3) is 3.09. The van der Waals surface area contributed by atoms with Gasteiger partial charge in [-0.1, -0.05) is 48.5 Å². The number of anilines is 1. The molecule has 2 heterocycles. The first kappa shape index (κ1) is 18.9. The van der Waals surface area contributed by atoms with E-state index in [1.165, 1.54) is 12.1 Å². The minimum absolute atomic E-state index is 0.0415. The van der Waals surface area contributed by atoms with Gasteiger partial charge in [0.05, 0.1) is 6.54 Å². The van der Waals surface area contributed by atoms with E-state index < -0.39 is 0 Å². The maximum absolute atomic E-state index is 13.4. The lowest BCUT2D eigenvalue weighted by atomic mass is 9.81. The molecule has 0 spiro atoms. The maximum atomic E-state index is 13.4. The van der Waals surface area contributed by atoms with E-state index in [9.17, 15) is 9.18 Å². The van der Waals surface area contributed by atoms with Crippen LogP contribution in [0.2, 0.25) is 0 Å². The third-order valence-corrected chi connectivity index (χ3v) is 6.32. The Labute approximate surface area is 184 Å². The van der Waals surface area contributed by atoms with Gasteiger partial charge in [-0.3, -0.25) is 4.79 Å². The molecule has 2 aliphatic heterocycles. The molecule has 1 amide bonds. The van der Waals surface area contributed by atoms with Gasteiger partial charge in [0.2, 0.25) is 12.7 Å². The Morgan fingerprint density at radius 2 is 1.72 bits per heavy atom. The SMILES string of the molecule is O=C1CC(c2ccc3c(c2)OCO3)c2c(ccc3ccccc23)N1Cc1ccc(F)cc1.